The van der Waals surface area contributed by atoms with E-state index in [4.69, 9.17) is 21.1 Å². The Morgan fingerprint density at radius 2 is 1.55 bits per heavy atom. The summed E-state index contributed by atoms with van der Waals surface area (Å²) in [5, 5.41) is 8.26. The minimum absolute atomic E-state index is 0.119. The van der Waals surface area contributed by atoms with Gasteiger partial charge in [0.2, 0.25) is 5.91 Å². The van der Waals surface area contributed by atoms with Crippen LogP contribution in [0.25, 0.3) is 0 Å². The number of carbonyl (C=O) groups is 4. The van der Waals surface area contributed by atoms with Gasteiger partial charge in [-0.15, -0.1) is 0 Å². The normalized spacial score (nSPS) is 12.6. The summed E-state index contributed by atoms with van der Waals surface area (Å²) in [7, 11) is 0. The molecule has 0 saturated heterocycles. The first-order valence-electron chi connectivity index (χ1n) is 12.3. The molecule has 3 N–H and O–H groups in total. The molecule has 0 aliphatic rings. The van der Waals surface area contributed by atoms with Crippen molar-refractivity contribution in [2.24, 2.45) is 5.41 Å². The SMILES string of the molecule is CCc1ccc(NC(=O)OCC(C)(CC(=O)CNC(=O)OC(C)(C)C)C(=O)NCc2ccccc2Cl)cc1. The Morgan fingerprint density at radius 1 is 0.895 bits per heavy atom. The molecule has 1 atom stereocenters. The van der Waals surface area contributed by atoms with Gasteiger partial charge in [0.15, 0.2) is 5.78 Å². The molecule has 0 bridgehead atoms. The van der Waals surface area contributed by atoms with Gasteiger partial charge in [-0.2, -0.15) is 0 Å². The summed E-state index contributed by atoms with van der Waals surface area (Å²) in [4.78, 5) is 50.3. The number of aryl methyl sites for hydroxylation is 1. The average molecular weight is 546 g/mol. The van der Waals surface area contributed by atoms with E-state index in [2.05, 4.69) is 16.0 Å². The van der Waals surface area contributed by atoms with Gasteiger partial charge in [0.25, 0.3) is 0 Å². The van der Waals surface area contributed by atoms with Crippen molar-refractivity contribution in [2.75, 3.05) is 18.5 Å². The molecule has 2 aromatic carbocycles. The summed E-state index contributed by atoms with van der Waals surface area (Å²) in [5.74, 6) is -0.950. The number of rotatable bonds is 11. The lowest BCUT2D eigenvalue weighted by Gasteiger charge is -2.27. The summed E-state index contributed by atoms with van der Waals surface area (Å²) in [6, 6.07) is 14.3. The van der Waals surface area contributed by atoms with Crippen molar-refractivity contribution in [1.29, 1.82) is 0 Å². The van der Waals surface area contributed by atoms with E-state index in [-0.39, 0.29) is 26.1 Å². The second-order valence-corrected chi connectivity index (χ2v) is 10.6. The van der Waals surface area contributed by atoms with E-state index in [0.717, 1.165) is 12.0 Å². The van der Waals surface area contributed by atoms with Crippen molar-refractivity contribution in [1.82, 2.24) is 10.6 Å². The third kappa shape index (κ3) is 10.4. The van der Waals surface area contributed by atoms with Crippen molar-refractivity contribution < 1.29 is 28.7 Å². The van der Waals surface area contributed by atoms with Crippen LogP contribution >= 0.6 is 11.6 Å². The van der Waals surface area contributed by atoms with Gasteiger partial charge in [-0.05, 0) is 63.4 Å². The van der Waals surface area contributed by atoms with Crippen LogP contribution in [0.15, 0.2) is 48.5 Å². The van der Waals surface area contributed by atoms with Crippen LogP contribution in [-0.4, -0.2) is 42.6 Å². The topological polar surface area (TPSA) is 123 Å². The molecule has 38 heavy (non-hydrogen) atoms. The van der Waals surface area contributed by atoms with Crippen molar-refractivity contribution >= 4 is 41.2 Å². The van der Waals surface area contributed by atoms with Crippen LogP contribution in [0.2, 0.25) is 5.02 Å². The van der Waals surface area contributed by atoms with E-state index in [1.54, 1.807) is 57.2 Å². The monoisotopic (exact) mass is 545 g/mol. The van der Waals surface area contributed by atoms with Crippen LogP contribution in [-0.2, 0) is 32.0 Å². The molecule has 0 aromatic heterocycles. The molecule has 9 nitrogen and oxygen atoms in total. The van der Waals surface area contributed by atoms with E-state index in [0.29, 0.717) is 16.3 Å². The number of halogens is 1. The average Bonchev–Trinajstić information content (AvgIpc) is 2.85. The standard InChI is InChI=1S/C28H36ClN3O6/c1-6-19-11-13-21(14-12-19)32-26(36)37-18-28(5,15-22(33)17-31-25(35)38-27(2,3)4)24(34)30-16-20-9-7-8-10-23(20)29/h7-14H,6,15-18H2,1-5H3,(H,30,34)(H,31,35)(H,32,36). The molecule has 0 aliphatic carbocycles. The van der Waals surface area contributed by atoms with Crippen LogP contribution in [0.4, 0.5) is 15.3 Å². The Hall–Kier alpha value is -3.59. The number of nitrogens with one attached hydrogen (secondary N) is 3. The Balaban J connectivity index is 2.06. The summed E-state index contributed by atoms with van der Waals surface area (Å²) < 4.78 is 10.5. The van der Waals surface area contributed by atoms with Gasteiger partial charge in [0.05, 0.1) is 12.0 Å². The van der Waals surface area contributed by atoms with E-state index < -0.39 is 34.9 Å². The highest BCUT2D eigenvalue weighted by atomic mass is 35.5. The molecule has 3 amide bonds. The van der Waals surface area contributed by atoms with E-state index in [9.17, 15) is 19.2 Å². The van der Waals surface area contributed by atoms with Crippen LogP contribution in [0.5, 0.6) is 0 Å². The fourth-order valence-corrected chi connectivity index (χ4v) is 3.62. The second-order valence-electron chi connectivity index (χ2n) is 10.2. The van der Waals surface area contributed by atoms with E-state index in [1.165, 1.54) is 6.92 Å². The van der Waals surface area contributed by atoms with Gasteiger partial charge in [-0.25, -0.2) is 9.59 Å². The molecule has 206 valence electrons. The van der Waals surface area contributed by atoms with Gasteiger partial charge in [-0.1, -0.05) is 48.9 Å². The summed E-state index contributed by atoms with van der Waals surface area (Å²) in [6.07, 6.45) is -0.946. The molecule has 2 aromatic rings. The maximum atomic E-state index is 13.2. The molecule has 0 spiro atoms. The van der Waals surface area contributed by atoms with Gasteiger partial charge in [0.1, 0.15) is 12.2 Å². The van der Waals surface area contributed by atoms with Crippen molar-refractivity contribution in [3.05, 3.63) is 64.7 Å². The summed E-state index contributed by atoms with van der Waals surface area (Å²) >= 11 is 6.19. The number of ether oxygens (including phenoxy) is 2. The maximum Gasteiger partial charge on any atom is 0.411 e. The minimum Gasteiger partial charge on any atom is -0.448 e. The first kappa shape index (κ1) is 30.6. The largest absolute Gasteiger partial charge is 0.448 e. The zero-order valence-corrected chi connectivity index (χ0v) is 23.2. The van der Waals surface area contributed by atoms with E-state index >= 15 is 0 Å². The maximum absolute atomic E-state index is 13.2. The number of hydrogen-bond donors (Lipinski definition) is 3. The first-order valence-corrected chi connectivity index (χ1v) is 12.7. The third-order valence-corrected chi connectivity index (χ3v) is 5.86. The van der Waals surface area contributed by atoms with Crippen molar-refractivity contribution in [3.8, 4) is 0 Å². The molecule has 2 rings (SSSR count). The van der Waals surface area contributed by atoms with Gasteiger partial charge in [0, 0.05) is 23.7 Å². The van der Waals surface area contributed by atoms with Crippen molar-refractivity contribution in [3.63, 3.8) is 0 Å². The number of benzene rings is 2. The summed E-state index contributed by atoms with van der Waals surface area (Å²) in [5.41, 5.74) is 0.201. The number of amides is 3. The van der Waals surface area contributed by atoms with Gasteiger partial charge >= 0.3 is 12.2 Å². The van der Waals surface area contributed by atoms with Crippen LogP contribution in [0.3, 0.4) is 0 Å². The molecular formula is C28H36ClN3O6. The molecule has 0 aliphatic heterocycles. The molecule has 0 radical (unpaired) electrons. The molecule has 0 fully saturated rings. The lowest BCUT2D eigenvalue weighted by molar-refractivity contribution is -0.137. The van der Waals surface area contributed by atoms with Crippen LogP contribution in [0, 0.1) is 5.41 Å². The minimum atomic E-state index is -1.42. The lowest BCUT2D eigenvalue weighted by atomic mass is 9.84. The Labute approximate surface area is 228 Å². The van der Waals surface area contributed by atoms with Gasteiger partial charge < -0.3 is 20.1 Å². The van der Waals surface area contributed by atoms with Crippen LogP contribution in [0.1, 0.15) is 52.2 Å². The zero-order chi connectivity index (χ0) is 28.3. The first-order chi connectivity index (χ1) is 17.8. The highest BCUT2D eigenvalue weighted by molar-refractivity contribution is 6.31. The Bertz CT molecular complexity index is 1130. The molecular weight excluding hydrogens is 510 g/mol. The molecule has 0 heterocycles. The smallest absolute Gasteiger partial charge is 0.411 e. The van der Waals surface area contributed by atoms with E-state index in [1.807, 2.05) is 19.1 Å². The van der Waals surface area contributed by atoms with Crippen LogP contribution < -0.4 is 16.0 Å². The molecule has 10 heteroatoms. The molecule has 0 saturated carbocycles. The quantitative estimate of drug-likeness (QED) is 0.354. The number of carbonyl (C=O) groups excluding carboxylic acids is 4. The summed E-state index contributed by atoms with van der Waals surface area (Å²) in [6.45, 7) is 8.05. The number of anilines is 1. The highest BCUT2D eigenvalue weighted by Crippen LogP contribution is 2.24. The van der Waals surface area contributed by atoms with Crippen molar-refractivity contribution in [2.45, 2.75) is 59.6 Å². The number of alkyl carbamates (subject to hydrolysis) is 1. The predicted molar refractivity (Wildman–Crippen MR) is 146 cm³/mol. The lowest BCUT2D eigenvalue weighted by Crippen LogP contribution is -2.45. The zero-order valence-electron chi connectivity index (χ0n) is 22.5. The molecule has 1 unspecified atom stereocenters. The number of hydrogen-bond acceptors (Lipinski definition) is 6. The number of ketones is 1. The Morgan fingerprint density at radius 3 is 2.16 bits per heavy atom. The predicted octanol–water partition coefficient (Wildman–Crippen LogP) is 5.26. The highest BCUT2D eigenvalue weighted by Gasteiger charge is 2.37. The fourth-order valence-electron chi connectivity index (χ4n) is 3.41. The van der Waals surface area contributed by atoms with Gasteiger partial charge in [-0.3, -0.25) is 14.9 Å². The fraction of sp³-hybridized carbons (Fsp3) is 0.429. The Kier molecular flexibility index (Phi) is 11.1. The third-order valence-electron chi connectivity index (χ3n) is 5.49. The second kappa shape index (κ2) is 13.8. The number of Topliss-reactive ketones (excluding diaryl/α,β-unsaturated/α-hetero) is 1.